The van der Waals surface area contributed by atoms with Crippen molar-refractivity contribution in [1.82, 2.24) is 20.0 Å². The molecule has 1 aromatic rings. The van der Waals surface area contributed by atoms with Crippen LogP contribution < -0.4 is 5.32 Å². The number of nitrogens with one attached hydrogen (secondary N) is 1. The molecule has 17 heavy (non-hydrogen) atoms. The van der Waals surface area contributed by atoms with Gasteiger partial charge in [-0.2, -0.15) is 5.10 Å². The lowest BCUT2D eigenvalue weighted by Gasteiger charge is -2.21. The first-order chi connectivity index (χ1) is 8.16. The Labute approximate surface area is 104 Å². The fraction of sp³-hybridized carbons (Fsp3) is 0.769. The summed E-state index contributed by atoms with van der Waals surface area (Å²) in [7, 11) is 1.99. The third kappa shape index (κ3) is 3.30. The molecule has 1 aliphatic rings. The summed E-state index contributed by atoms with van der Waals surface area (Å²) in [6.45, 7) is 9.03. The molecule has 0 bridgehead atoms. The second kappa shape index (κ2) is 5.65. The first kappa shape index (κ1) is 12.6. The molecule has 2 heterocycles. The Hall–Kier alpha value is -0.870. The largest absolute Gasteiger partial charge is 0.309 e. The van der Waals surface area contributed by atoms with Gasteiger partial charge in [-0.05, 0) is 39.8 Å². The molecule has 1 fully saturated rings. The SMILES string of the molecule is Cc1c(CNC(C)CN2CCCC2)cnn1C. The van der Waals surface area contributed by atoms with Crippen LogP contribution in [0.5, 0.6) is 0 Å². The lowest BCUT2D eigenvalue weighted by Crippen LogP contribution is -2.37. The van der Waals surface area contributed by atoms with E-state index in [9.17, 15) is 0 Å². The van der Waals surface area contributed by atoms with E-state index in [2.05, 4.69) is 29.2 Å². The van der Waals surface area contributed by atoms with Gasteiger partial charge < -0.3 is 10.2 Å². The highest BCUT2D eigenvalue weighted by Gasteiger charge is 2.14. The molecule has 0 saturated carbocycles. The fourth-order valence-electron chi connectivity index (χ4n) is 2.42. The van der Waals surface area contributed by atoms with Gasteiger partial charge >= 0.3 is 0 Å². The van der Waals surface area contributed by atoms with E-state index in [0.717, 1.165) is 6.54 Å². The Morgan fingerprint density at radius 1 is 1.41 bits per heavy atom. The number of rotatable bonds is 5. The van der Waals surface area contributed by atoms with Crippen LogP contribution in [0.3, 0.4) is 0 Å². The average Bonchev–Trinajstić information content (AvgIpc) is 2.90. The summed E-state index contributed by atoms with van der Waals surface area (Å²) in [4.78, 5) is 2.55. The summed E-state index contributed by atoms with van der Waals surface area (Å²) in [6, 6.07) is 0.549. The molecule has 4 heteroatoms. The van der Waals surface area contributed by atoms with Gasteiger partial charge in [-0.3, -0.25) is 4.68 Å². The second-order valence-corrected chi connectivity index (χ2v) is 5.17. The summed E-state index contributed by atoms with van der Waals surface area (Å²) in [5.74, 6) is 0. The molecule has 0 radical (unpaired) electrons. The number of hydrogen-bond acceptors (Lipinski definition) is 3. The van der Waals surface area contributed by atoms with E-state index >= 15 is 0 Å². The number of likely N-dealkylation sites (tertiary alicyclic amines) is 1. The molecule has 0 amide bonds. The van der Waals surface area contributed by atoms with Gasteiger partial charge in [-0.1, -0.05) is 0 Å². The predicted octanol–water partition coefficient (Wildman–Crippen LogP) is 1.30. The summed E-state index contributed by atoms with van der Waals surface area (Å²) in [5, 5.41) is 7.85. The molecule has 0 spiro atoms. The molecule has 96 valence electrons. The monoisotopic (exact) mass is 236 g/mol. The maximum Gasteiger partial charge on any atom is 0.0537 e. The van der Waals surface area contributed by atoms with Crippen LogP contribution in [0.1, 0.15) is 31.0 Å². The third-order valence-electron chi connectivity index (χ3n) is 3.71. The Morgan fingerprint density at radius 3 is 2.71 bits per heavy atom. The van der Waals surface area contributed by atoms with E-state index in [1.54, 1.807) is 0 Å². The summed E-state index contributed by atoms with van der Waals surface area (Å²) >= 11 is 0. The number of hydrogen-bond donors (Lipinski definition) is 1. The summed E-state index contributed by atoms with van der Waals surface area (Å²) < 4.78 is 1.93. The minimum Gasteiger partial charge on any atom is -0.309 e. The molecule has 0 aromatic carbocycles. The van der Waals surface area contributed by atoms with E-state index in [-0.39, 0.29) is 0 Å². The molecule has 1 N–H and O–H groups in total. The van der Waals surface area contributed by atoms with Gasteiger partial charge in [0.2, 0.25) is 0 Å². The molecule has 0 aliphatic carbocycles. The van der Waals surface area contributed by atoms with Crippen molar-refractivity contribution in [2.45, 2.75) is 39.3 Å². The number of aromatic nitrogens is 2. The Bertz CT molecular complexity index is 352. The quantitative estimate of drug-likeness (QED) is 0.836. The van der Waals surface area contributed by atoms with Crippen LogP contribution in [-0.4, -0.2) is 40.4 Å². The number of nitrogens with zero attached hydrogens (tertiary/aromatic N) is 3. The van der Waals surface area contributed by atoms with E-state index in [1.807, 2.05) is 17.9 Å². The van der Waals surface area contributed by atoms with Crippen molar-refractivity contribution in [3.8, 4) is 0 Å². The molecule has 1 aromatic heterocycles. The van der Waals surface area contributed by atoms with Crippen molar-refractivity contribution < 1.29 is 0 Å². The fourth-order valence-corrected chi connectivity index (χ4v) is 2.42. The first-order valence-electron chi connectivity index (χ1n) is 6.60. The van der Waals surface area contributed by atoms with Crippen LogP contribution in [0, 0.1) is 6.92 Å². The van der Waals surface area contributed by atoms with Gasteiger partial charge in [0.1, 0.15) is 0 Å². The highest BCUT2D eigenvalue weighted by molar-refractivity contribution is 5.15. The van der Waals surface area contributed by atoms with Crippen molar-refractivity contribution in [2.75, 3.05) is 19.6 Å². The normalized spacial score (nSPS) is 18.8. The Morgan fingerprint density at radius 2 is 2.12 bits per heavy atom. The maximum atomic E-state index is 4.26. The molecule has 1 atom stereocenters. The van der Waals surface area contributed by atoms with E-state index in [1.165, 1.54) is 43.7 Å². The van der Waals surface area contributed by atoms with Crippen LogP contribution in [0.4, 0.5) is 0 Å². The zero-order valence-corrected chi connectivity index (χ0v) is 11.2. The van der Waals surface area contributed by atoms with Crippen molar-refractivity contribution in [3.05, 3.63) is 17.5 Å². The molecule has 1 saturated heterocycles. The lowest BCUT2D eigenvalue weighted by molar-refractivity contribution is 0.298. The topological polar surface area (TPSA) is 33.1 Å². The molecule has 4 nitrogen and oxygen atoms in total. The zero-order valence-electron chi connectivity index (χ0n) is 11.2. The van der Waals surface area contributed by atoms with Crippen molar-refractivity contribution in [3.63, 3.8) is 0 Å². The second-order valence-electron chi connectivity index (χ2n) is 5.17. The van der Waals surface area contributed by atoms with Gasteiger partial charge in [0.25, 0.3) is 0 Å². The van der Waals surface area contributed by atoms with Gasteiger partial charge in [0.05, 0.1) is 6.20 Å². The van der Waals surface area contributed by atoms with E-state index < -0.39 is 0 Å². The minimum absolute atomic E-state index is 0.549. The molecular weight excluding hydrogens is 212 g/mol. The smallest absolute Gasteiger partial charge is 0.0537 e. The molecule has 1 aliphatic heterocycles. The lowest BCUT2D eigenvalue weighted by atomic mass is 10.2. The van der Waals surface area contributed by atoms with Crippen LogP contribution in [-0.2, 0) is 13.6 Å². The average molecular weight is 236 g/mol. The Kier molecular flexibility index (Phi) is 4.18. The highest BCUT2D eigenvalue weighted by Crippen LogP contribution is 2.09. The van der Waals surface area contributed by atoms with Gasteiger partial charge in [0, 0.05) is 37.4 Å². The number of aryl methyl sites for hydroxylation is 1. The Balaban J connectivity index is 1.75. The first-order valence-corrected chi connectivity index (χ1v) is 6.60. The highest BCUT2D eigenvalue weighted by atomic mass is 15.3. The van der Waals surface area contributed by atoms with Crippen molar-refractivity contribution in [2.24, 2.45) is 7.05 Å². The maximum absolute atomic E-state index is 4.26. The van der Waals surface area contributed by atoms with Crippen molar-refractivity contribution >= 4 is 0 Å². The van der Waals surface area contributed by atoms with E-state index in [4.69, 9.17) is 0 Å². The molecule has 2 rings (SSSR count). The van der Waals surface area contributed by atoms with Gasteiger partial charge in [-0.15, -0.1) is 0 Å². The van der Waals surface area contributed by atoms with Gasteiger partial charge in [0.15, 0.2) is 0 Å². The standard InChI is InChI=1S/C13H24N4/c1-11(10-17-6-4-5-7-17)14-8-13-9-15-16(3)12(13)2/h9,11,14H,4-8,10H2,1-3H3. The summed E-state index contributed by atoms with van der Waals surface area (Å²) in [5.41, 5.74) is 2.56. The minimum atomic E-state index is 0.549. The molecule has 1 unspecified atom stereocenters. The predicted molar refractivity (Wildman–Crippen MR) is 69.9 cm³/mol. The van der Waals surface area contributed by atoms with Crippen molar-refractivity contribution in [1.29, 1.82) is 0 Å². The van der Waals surface area contributed by atoms with Crippen LogP contribution in [0.25, 0.3) is 0 Å². The van der Waals surface area contributed by atoms with Crippen LogP contribution in [0.15, 0.2) is 6.20 Å². The van der Waals surface area contributed by atoms with E-state index in [0.29, 0.717) is 6.04 Å². The molecular formula is C13H24N4. The zero-order chi connectivity index (χ0) is 12.3. The summed E-state index contributed by atoms with van der Waals surface area (Å²) in [6.07, 6.45) is 4.70. The van der Waals surface area contributed by atoms with Crippen LogP contribution in [0.2, 0.25) is 0 Å². The van der Waals surface area contributed by atoms with Gasteiger partial charge in [-0.25, -0.2) is 0 Å². The van der Waals surface area contributed by atoms with Crippen LogP contribution >= 0.6 is 0 Å². The third-order valence-corrected chi connectivity index (χ3v) is 3.71.